The van der Waals surface area contributed by atoms with Gasteiger partial charge in [0.1, 0.15) is 0 Å². The molecule has 0 aliphatic rings. The van der Waals surface area contributed by atoms with Gasteiger partial charge in [0.05, 0.1) is 0 Å². The van der Waals surface area contributed by atoms with E-state index < -0.39 is 0 Å². The average molecular weight is 248 g/mol. The number of hydrogen-bond acceptors (Lipinski definition) is 2. The van der Waals surface area contributed by atoms with Gasteiger partial charge < -0.3 is 4.74 Å². The smallest absolute Gasteiger partial charge is 0.163 e. The largest absolute Gasteiger partial charge is 0.384 e. The second-order valence-corrected chi connectivity index (χ2v) is 6.02. The standard InChI is InChI=1S/C16H24O2/c1-12(11-18-5)10-15(17)13-6-8-14(9-7-13)16(2,3)4/h6-9,12H,10-11H2,1-5H3. The summed E-state index contributed by atoms with van der Waals surface area (Å²) >= 11 is 0. The zero-order valence-electron chi connectivity index (χ0n) is 12.1. The zero-order chi connectivity index (χ0) is 13.8. The van der Waals surface area contributed by atoms with Gasteiger partial charge in [-0.3, -0.25) is 4.79 Å². The van der Waals surface area contributed by atoms with Gasteiger partial charge in [-0.1, -0.05) is 52.0 Å². The molecule has 1 rings (SSSR count). The molecule has 0 fully saturated rings. The van der Waals surface area contributed by atoms with Crippen molar-refractivity contribution in [3.63, 3.8) is 0 Å². The lowest BCUT2D eigenvalue weighted by molar-refractivity contribution is 0.0920. The van der Waals surface area contributed by atoms with Crippen molar-refractivity contribution in [3.05, 3.63) is 35.4 Å². The van der Waals surface area contributed by atoms with Crippen LogP contribution in [0.1, 0.15) is 50.0 Å². The molecule has 1 aromatic carbocycles. The highest BCUT2D eigenvalue weighted by Gasteiger charge is 2.15. The number of carbonyl (C=O) groups excluding carboxylic acids is 1. The van der Waals surface area contributed by atoms with Crippen molar-refractivity contribution in [2.24, 2.45) is 5.92 Å². The third-order valence-corrected chi connectivity index (χ3v) is 3.06. The normalized spacial score (nSPS) is 13.4. The minimum Gasteiger partial charge on any atom is -0.384 e. The minimum absolute atomic E-state index is 0.130. The summed E-state index contributed by atoms with van der Waals surface area (Å²) < 4.78 is 5.05. The monoisotopic (exact) mass is 248 g/mol. The van der Waals surface area contributed by atoms with Crippen LogP contribution in [0.2, 0.25) is 0 Å². The van der Waals surface area contributed by atoms with Crippen LogP contribution >= 0.6 is 0 Å². The lowest BCUT2D eigenvalue weighted by atomic mass is 9.86. The van der Waals surface area contributed by atoms with E-state index in [4.69, 9.17) is 4.74 Å². The summed E-state index contributed by atoms with van der Waals surface area (Å²) in [6.45, 7) is 9.18. The van der Waals surface area contributed by atoms with Crippen LogP contribution in [0.3, 0.4) is 0 Å². The Balaban J connectivity index is 2.71. The summed E-state index contributed by atoms with van der Waals surface area (Å²) in [4.78, 5) is 12.0. The van der Waals surface area contributed by atoms with Crippen LogP contribution in [0, 0.1) is 5.92 Å². The lowest BCUT2D eigenvalue weighted by Crippen LogP contribution is -2.13. The minimum atomic E-state index is 0.130. The van der Waals surface area contributed by atoms with Crippen molar-refractivity contribution in [2.75, 3.05) is 13.7 Å². The summed E-state index contributed by atoms with van der Waals surface area (Å²) in [5.74, 6) is 0.463. The number of hydrogen-bond donors (Lipinski definition) is 0. The number of Topliss-reactive ketones (excluding diaryl/α,β-unsaturated/α-hetero) is 1. The molecule has 1 unspecified atom stereocenters. The molecule has 0 saturated carbocycles. The maximum Gasteiger partial charge on any atom is 0.163 e. The fourth-order valence-electron chi connectivity index (χ4n) is 1.93. The molecule has 0 saturated heterocycles. The van der Waals surface area contributed by atoms with Gasteiger partial charge >= 0.3 is 0 Å². The van der Waals surface area contributed by atoms with E-state index in [0.29, 0.717) is 13.0 Å². The van der Waals surface area contributed by atoms with Crippen LogP contribution in [0.5, 0.6) is 0 Å². The number of benzene rings is 1. The summed E-state index contributed by atoms with van der Waals surface area (Å²) in [5, 5.41) is 0. The number of rotatable bonds is 5. The number of methoxy groups -OCH3 is 1. The van der Waals surface area contributed by atoms with Gasteiger partial charge in [0.25, 0.3) is 0 Å². The van der Waals surface area contributed by atoms with E-state index in [-0.39, 0.29) is 17.1 Å². The number of ketones is 1. The van der Waals surface area contributed by atoms with E-state index in [2.05, 4.69) is 20.8 Å². The molecule has 0 amide bonds. The molecule has 0 heterocycles. The van der Waals surface area contributed by atoms with Crippen LogP contribution in [0.4, 0.5) is 0 Å². The summed E-state index contributed by atoms with van der Waals surface area (Å²) in [6, 6.07) is 7.97. The Morgan fingerprint density at radius 3 is 2.22 bits per heavy atom. The van der Waals surface area contributed by atoms with Gasteiger partial charge in [-0.15, -0.1) is 0 Å². The third-order valence-electron chi connectivity index (χ3n) is 3.06. The van der Waals surface area contributed by atoms with E-state index in [9.17, 15) is 4.79 Å². The molecular formula is C16H24O2. The first-order valence-corrected chi connectivity index (χ1v) is 6.47. The van der Waals surface area contributed by atoms with Gasteiger partial charge in [-0.25, -0.2) is 0 Å². The molecule has 1 aromatic rings. The zero-order valence-corrected chi connectivity index (χ0v) is 12.1. The first-order valence-electron chi connectivity index (χ1n) is 6.47. The van der Waals surface area contributed by atoms with Gasteiger partial charge in [0, 0.05) is 25.7 Å². The molecule has 0 bridgehead atoms. The molecule has 2 heteroatoms. The first kappa shape index (κ1) is 14.9. The molecule has 18 heavy (non-hydrogen) atoms. The Kier molecular flexibility index (Phi) is 5.09. The summed E-state index contributed by atoms with van der Waals surface area (Å²) in [6.07, 6.45) is 0.544. The van der Waals surface area contributed by atoms with Gasteiger partial charge in [-0.05, 0) is 16.9 Å². The average Bonchev–Trinajstić information content (AvgIpc) is 2.28. The van der Waals surface area contributed by atoms with E-state index in [0.717, 1.165) is 5.56 Å². The molecule has 2 nitrogen and oxygen atoms in total. The van der Waals surface area contributed by atoms with Crippen LogP contribution in [-0.4, -0.2) is 19.5 Å². The van der Waals surface area contributed by atoms with E-state index in [1.165, 1.54) is 5.56 Å². The predicted molar refractivity (Wildman–Crippen MR) is 75.1 cm³/mol. The fourth-order valence-corrected chi connectivity index (χ4v) is 1.93. The highest BCUT2D eigenvalue weighted by Crippen LogP contribution is 2.22. The van der Waals surface area contributed by atoms with E-state index >= 15 is 0 Å². The van der Waals surface area contributed by atoms with Crippen LogP contribution in [-0.2, 0) is 10.2 Å². The lowest BCUT2D eigenvalue weighted by Gasteiger charge is -2.19. The Bertz CT molecular complexity index is 385. The Morgan fingerprint density at radius 1 is 1.22 bits per heavy atom. The number of ether oxygens (including phenoxy) is 1. The van der Waals surface area contributed by atoms with Crippen LogP contribution in [0.15, 0.2) is 24.3 Å². The highest BCUT2D eigenvalue weighted by molar-refractivity contribution is 5.96. The summed E-state index contributed by atoms with van der Waals surface area (Å²) in [7, 11) is 1.67. The molecule has 0 aliphatic heterocycles. The Hall–Kier alpha value is -1.15. The quantitative estimate of drug-likeness (QED) is 0.740. The van der Waals surface area contributed by atoms with Crippen LogP contribution < -0.4 is 0 Å². The van der Waals surface area contributed by atoms with Gasteiger partial charge in [0.2, 0.25) is 0 Å². The number of carbonyl (C=O) groups is 1. The molecular weight excluding hydrogens is 224 g/mol. The molecule has 0 aromatic heterocycles. The molecule has 0 spiro atoms. The summed E-state index contributed by atoms with van der Waals surface area (Å²) in [5.41, 5.74) is 2.18. The second kappa shape index (κ2) is 6.14. The molecule has 100 valence electrons. The van der Waals surface area contributed by atoms with Crippen molar-refractivity contribution in [1.82, 2.24) is 0 Å². The highest BCUT2D eigenvalue weighted by atomic mass is 16.5. The predicted octanol–water partition coefficient (Wildman–Crippen LogP) is 3.84. The fraction of sp³-hybridized carbons (Fsp3) is 0.562. The Labute approximate surface area is 110 Å². The molecule has 1 atom stereocenters. The van der Waals surface area contributed by atoms with Crippen molar-refractivity contribution >= 4 is 5.78 Å². The second-order valence-electron chi connectivity index (χ2n) is 6.02. The maximum absolute atomic E-state index is 12.0. The maximum atomic E-state index is 12.0. The van der Waals surface area contributed by atoms with E-state index in [1.807, 2.05) is 31.2 Å². The van der Waals surface area contributed by atoms with Crippen molar-refractivity contribution < 1.29 is 9.53 Å². The molecule has 0 N–H and O–H groups in total. The van der Waals surface area contributed by atoms with Crippen LogP contribution in [0.25, 0.3) is 0 Å². The molecule has 0 radical (unpaired) electrons. The first-order chi connectivity index (χ1) is 8.34. The SMILES string of the molecule is COCC(C)CC(=O)c1ccc(C(C)(C)C)cc1. The van der Waals surface area contributed by atoms with Crippen molar-refractivity contribution in [2.45, 2.75) is 39.5 Å². The Morgan fingerprint density at radius 2 is 1.78 bits per heavy atom. The van der Waals surface area contributed by atoms with Crippen molar-refractivity contribution in [1.29, 1.82) is 0 Å². The topological polar surface area (TPSA) is 26.3 Å². The molecule has 0 aliphatic carbocycles. The van der Waals surface area contributed by atoms with Crippen molar-refractivity contribution in [3.8, 4) is 0 Å². The van der Waals surface area contributed by atoms with E-state index in [1.54, 1.807) is 7.11 Å². The van der Waals surface area contributed by atoms with Gasteiger partial charge in [0.15, 0.2) is 5.78 Å². The van der Waals surface area contributed by atoms with Gasteiger partial charge in [-0.2, -0.15) is 0 Å². The third kappa shape index (κ3) is 4.26.